The number of carboxylic acids is 1. The highest BCUT2D eigenvalue weighted by molar-refractivity contribution is 6.03. The van der Waals surface area contributed by atoms with Crippen LogP contribution in [0.1, 0.15) is 19.4 Å². The minimum atomic E-state index is -1.13. The van der Waals surface area contributed by atoms with E-state index in [0.29, 0.717) is 5.92 Å². The van der Waals surface area contributed by atoms with Gasteiger partial charge in [0.1, 0.15) is 0 Å². The van der Waals surface area contributed by atoms with Crippen LogP contribution in [0.4, 0.5) is 5.69 Å². The fourth-order valence-corrected chi connectivity index (χ4v) is 1.71. The van der Waals surface area contributed by atoms with Gasteiger partial charge in [0.15, 0.2) is 0 Å². The molecule has 0 radical (unpaired) electrons. The molecule has 4 heteroatoms. The van der Waals surface area contributed by atoms with Crippen molar-refractivity contribution in [1.29, 1.82) is 0 Å². The number of hydrogen-bond donors (Lipinski definition) is 1. The molecule has 0 fully saturated rings. The highest BCUT2D eigenvalue weighted by Crippen LogP contribution is 2.16. The van der Waals surface area contributed by atoms with Crippen molar-refractivity contribution < 1.29 is 14.7 Å². The van der Waals surface area contributed by atoms with Gasteiger partial charge in [0.2, 0.25) is 0 Å². The fraction of sp³-hybridized carbons (Fsp3) is 0.333. The van der Waals surface area contributed by atoms with Gasteiger partial charge < -0.3 is 10.0 Å². The Bertz CT molecular complexity index is 475. The molecule has 0 saturated heterocycles. The van der Waals surface area contributed by atoms with Crippen LogP contribution < -0.4 is 4.90 Å². The molecule has 0 aliphatic heterocycles. The van der Waals surface area contributed by atoms with Gasteiger partial charge in [-0.2, -0.15) is 0 Å². The second-order valence-electron chi connectivity index (χ2n) is 4.83. The first kappa shape index (κ1) is 15.0. The Morgan fingerprint density at radius 1 is 1.21 bits per heavy atom. The monoisotopic (exact) mass is 261 g/mol. The normalized spacial score (nSPS) is 10.9. The van der Waals surface area contributed by atoms with Crippen LogP contribution in [0.3, 0.4) is 0 Å². The topological polar surface area (TPSA) is 57.6 Å². The van der Waals surface area contributed by atoms with Crippen LogP contribution >= 0.6 is 0 Å². The number of carboxylic acid groups (broad SMARTS) is 1. The van der Waals surface area contributed by atoms with E-state index in [-0.39, 0.29) is 5.91 Å². The van der Waals surface area contributed by atoms with E-state index >= 15 is 0 Å². The van der Waals surface area contributed by atoms with Gasteiger partial charge in [-0.25, -0.2) is 4.79 Å². The van der Waals surface area contributed by atoms with Crippen molar-refractivity contribution in [2.24, 2.45) is 5.92 Å². The van der Waals surface area contributed by atoms with Crippen LogP contribution in [-0.4, -0.2) is 24.0 Å². The number of nitrogens with zero attached hydrogens (tertiary/aromatic N) is 1. The van der Waals surface area contributed by atoms with E-state index in [9.17, 15) is 9.59 Å². The predicted octanol–water partition coefficient (Wildman–Crippen LogP) is 2.49. The minimum Gasteiger partial charge on any atom is -0.478 e. The smallest absolute Gasteiger partial charge is 0.328 e. The summed E-state index contributed by atoms with van der Waals surface area (Å²) in [6, 6.07) is 7.70. The Labute approximate surface area is 113 Å². The number of amides is 1. The van der Waals surface area contributed by atoms with E-state index in [4.69, 9.17) is 5.11 Å². The molecule has 4 nitrogen and oxygen atoms in total. The van der Waals surface area contributed by atoms with Gasteiger partial charge in [0.05, 0.1) is 0 Å². The number of carbonyl (C=O) groups is 2. The van der Waals surface area contributed by atoms with Crippen molar-refractivity contribution in [3.63, 3.8) is 0 Å². The Morgan fingerprint density at radius 3 is 2.26 bits per heavy atom. The molecular weight excluding hydrogens is 242 g/mol. The molecule has 102 valence electrons. The number of carbonyl (C=O) groups excluding carboxylic acids is 1. The first-order chi connectivity index (χ1) is 8.90. The molecule has 0 bridgehead atoms. The maximum Gasteiger partial charge on any atom is 0.328 e. The van der Waals surface area contributed by atoms with Crippen LogP contribution in [0.25, 0.3) is 0 Å². The predicted molar refractivity (Wildman–Crippen MR) is 75.2 cm³/mol. The largest absolute Gasteiger partial charge is 0.478 e. The number of anilines is 1. The Hall–Kier alpha value is -2.10. The van der Waals surface area contributed by atoms with E-state index in [1.807, 2.05) is 24.3 Å². The summed E-state index contributed by atoms with van der Waals surface area (Å²) in [6.07, 6.45) is 2.88. The average Bonchev–Trinajstić information content (AvgIpc) is 2.35. The van der Waals surface area contributed by atoms with Gasteiger partial charge in [0, 0.05) is 24.9 Å². The van der Waals surface area contributed by atoms with E-state index in [1.165, 1.54) is 10.5 Å². The molecule has 0 unspecified atom stereocenters. The molecule has 0 spiro atoms. The van der Waals surface area contributed by atoms with Crippen molar-refractivity contribution in [3.8, 4) is 0 Å². The molecule has 1 aromatic carbocycles. The maximum atomic E-state index is 11.7. The van der Waals surface area contributed by atoms with Crippen LogP contribution in [-0.2, 0) is 16.0 Å². The molecule has 0 aliphatic rings. The average molecular weight is 261 g/mol. The summed E-state index contributed by atoms with van der Waals surface area (Å²) in [7, 11) is 1.62. The molecule has 1 amide bonds. The summed E-state index contributed by atoms with van der Waals surface area (Å²) < 4.78 is 0. The third-order valence-electron chi connectivity index (χ3n) is 2.67. The van der Waals surface area contributed by atoms with E-state index in [1.54, 1.807) is 7.05 Å². The summed E-state index contributed by atoms with van der Waals surface area (Å²) in [6.45, 7) is 4.31. The zero-order chi connectivity index (χ0) is 14.4. The second kappa shape index (κ2) is 6.73. The van der Waals surface area contributed by atoms with Crippen molar-refractivity contribution in [3.05, 3.63) is 42.0 Å². The van der Waals surface area contributed by atoms with Crippen LogP contribution in [0, 0.1) is 5.92 Å². The molecule has 0 atom stereocenters. The lowest BCUT2D eigenvalue weighted by molar-refractivity contribution is -0.131. The van der Waals surface area contributed by atoms with E-state index < -0.39 is 5.97 Å². The molecule has 0 saturated carbocycles. The molecule has 1 N–H and O–H groups in total. The number of aliphatic carboxylic acids is 1. The first-order valence-corrected chi connectivity index (χ1v) is 6.17. The highest BCUT2D eigenvalue weighted by atomic mass is 16.4. The summed E-state index contributed by atoms with van der Waals surface area (Å²) in [4.78, 5) is 23.5. The molecule has 0 heterocycles. The zero-order valence-electron chi connectivity index (χ0n) is 11.5. The first-order valence-electron chi connectivity index (χ1n) is 6.17. The highest BCUT2D eigenvalue weighted by Gasteiger charge is 2.08. The zero-order valence-corrected chi connectivity index (χ0v) is 11.5. The lowest BCUT2D eigenvalue weighted by Crippen LogP contribution is -2.24. The van der Waals surface area contributed by atoms with Gasteiger partial charge in [0.25, 0.3) is 5.91 Å². The third-order valence-corrected chi connectivity index (χ3v) is 2.67. The van der Waals surface area contributed by atoms with Crippen molar-refractivity contribution in [2.75, 3.05) is 11.9 Å². The van der Waals surface area contributed by atoms with Crippen molar-refractivity contribution in [2.45, 2.75) is 20.3 Å². The summed E-state index contributed by atoms with van der Waals surface area (Å²) >= 11 is 0. The van der Waals surface area contributed by atoms with Crippen molar-refractivity contribution >= 4 is 17.6 Å². The standard InChI is InChI=1S/C15H19NO3/c1-11(2)10-12-4-6-13(7-5-12)16(3)14(17)8-9-15(18)19/h4-9,11H,10H2,1-3H3,(H,18,19)/b9-8+. The van der Waals surface area contributed by atoms with E-state index in [2.05, 4.69) is 13.8 Å². The number of likely N-dealkylation sites (N-methyl/N-ethyl adjacent to an activating group) is 1. The Morgan fingerprint density at radius 2 is 1.79 bits per heavy atom. The van der Waals surface area contributed by atoms with E-state index in [0.717, 1.165) is 24.3 Å². The lowest BCUT2D eigenvalue weighted by atomic mass is 10.0. The minimum absolute atomic E-state index is 0.362. The molecule has 1 aromatic rings. The molecule has 0 aliphatic carbocycles. The summed E-state index contributed by atoms with van der Waals surface area (Å²) in [5.41, 5.74) is 1.97. The quantitative estimate of drug-likeness (QED) is 0.828. The van der Waals surface area contributed by atoms with Gasteiger partial charge >= 0.3 is 5.97 Å². The number of benzene rings is 1. The van der Waals surface area contributed by atoms with Crippen LogP contribution in [0.15, 0.2) is 36.4 Å². The Kier molecular flexibility index (Phi) is 5.30. The number of hydrogen-bond acceptors (Lipinski definition) is 2. The van der Waals surface area contributed by atoms with Crippen LogP contribution in [0.5, 0.6) is 0 Å². The third kappa shape index (κ3) is 4.95. The van der Waals surface area contributed by atoms with Gasteiger partial charge in [-0.15, -0.1) is 0 Å². The van der Waals surface area contributed by atoms with Crippen LogP contribution in [0.2, 0.25) is 0 Å². The summed E-state index contributed by atoms with van der Waals surface area (Å²) in [5, 5.41) is 8.48. The maximum absolute atomic E-state index is 11.7. The Balaban J connectivity index is 2.74. The second-order valence-corrected chi connectivity index (χ2v) is 4.83. The molecule has 0 aromatic heterocycles. The SMILES string of the molecule is CC(C)Cc1ccc(N(C)C(=O)/C=C/C(=O)O)cc1. The summed E-state index contributed by atoms with van der Waals surface area (Å²) in [5.74, 6) is -0.906. The molecule has 19 heavy (non-hydrogen) atoms. The molecule has 1 rings (SSSR count). The fourth-order valence-electron chi connectivity index (χ4n) is 1.71. The van der Waals surface area contributed by atoms with Gasteiger partial charge in [-0.1, -0.05) is 26.0 Å². The van der Waals surface area contributed by atoms with Crippen molar-refractivity contribution in [1.82, 2.24) is 0 Å². The lowest BCUT2D eigenvalue weighted by Gasteiger charge is -2.16. The van der Waals surface area contributed by atoms with Gasteiger partial charge in [-0.05, 0) is 30.0 Å². The molecular formula is C15H19NO3. The van der Waals surface area contributed by atoms with Gasteiger partial charge in [-0.3, -0.25) is 4.79 Å². The number of rotatable bonds is 5.